The van der Waals surface area contributed by atoms with E-state index in [2.05, 4.69) is 22.4 Å². The molecule has 3 nitrogen and oxygen atoms in total. The van der Waals surface area contributed by atoms with Crippen LogP contribution in [0.4, 0.5) is 0 Å². The first-order valence-corrected chi connectivity index (χ1v) is 7.46. The number of Topliss-reactive ketones (excluding diaryl/α,β-unsaturated/α-hetero) is 1. The Hall–Kier alpha value is -0.205. The molecule has 0 heterocycles. The summed E-state index contributed by atoms with van der Waals surface area (Å²) in [6.07, 6.45) is 0. The largest absolute Gasteiger partial charge is 0.492 e. The van der Waals surface area contributed by atoms with Crippen LogP contribution in [-0.2, 0) is 4.65 Å². The van der Waals surface area contributed by atoms with Gasteiger partial charge in [-0.1, -0.05) is 34.5 Å². The number of ketones is 1. The van der Waals surface area contributed by atoms with Crippen LogP contribution in [0.1, 0.15) is 17.3 Å². The predicted molar refractivity (Wildman–Crippen MR) is 81.2 cm³/mol. The molecule has 0 unspecified atom stereocenters. The van der Waals surface area contributed by atoms with Crippen LogP contribution in [0.25, 0.3) is 0 Å². The number of ether oxygens (including phenoxy) is 1. The number of carbonyl (C=O) groups is 1. The normalized spacial score (nSPS) is 10.1. The molecule has 0 radical (unpaired) electrons. The fraction of sp³-hybridized carbons (Fsp3) is 0.364. The van der Waals surface area contributed by atoms with E-state index in [4.69, 9.17) is 9.39 Å². The van der Waals surface area contributed by atoms with Crippen LogP contribution in [0.2, 0.25) is 0 Å². The van der Waals surface area contributed by atoms with Gasteiger partial charge in [-0.3, -0.25) is 4.79 Å². The lowest BCUT2D eigenvalue weighted by Crippen LogP contribution is -2.08. The molecule has 6 heteroatoms. The van der Waals surface area contributed by atoms with Gasteiger partial charge in [0.15, 0.2) is 5.78 Å². The second-order valence-corrected chi connectivity index (χ2v) is 6.43. The Bertz CT molecular complexity index is 375. The molecular formula is C11H14BIO3S. The summed E-state index contributed by atoms with van der Waals surface area (Å²) in [5, 5.41) is 0. The highest BCUT2D eigenvalue weighted by Gasteiger charge is 2.10. The first kappa shape index (κ1) is 14.9. The number of para-hydroxylation sites is 1. The third-order valence-corrected chi connectivity index (χ3v) is 4.49. The number of benzene rings is 1. The van der Waals surface area contributed by atoms with E-state index in [0.717, 1.165) is 5.75 Å². The molecule has 1 aromatic carbocycles. The van der Waals surface area contributed by atoms with Crippen molar-refractivity contribution in [2.45, 2.75) is 6.92 Å². The molecule has 92 valence electrons. The highest BCUT2D eigenvalue weighted by atomic mass is 127. The van der Waals surface area contributed by atoms with Crippen LogP contribution in [-0.4, -0.2) is 29.3 Å². The van der Waals surface area contributed by atoms with Gasteiger partial charge in [-0.15, -0.1) is 0 Å². The number of hydrogen-bond donors (Lipinski definition) is 0. The van der Waals surface area contributed by atoms with Gasteiger partial charge in [-0.2, -0.15) is 11.6 Å². The van der Waals surface area contributed by atoms with E-state index >= 15 is 0 Å². The number of halogens is 1. The summed E-state index contributed by atoms with van der Waals surface area (Å²) in [5.41, 5.74) is 0.635. The zero-order chi connectivity index (χ0) is 12.7. The lowest BCUT2D eigenvalue weighted by Gasteiger charge is -2.09. The van der Waals surface area contributed by atoms with Gasteiger partial charge in [0.25, 0.3) is 0 Å². The molecule has 1 aromatic rings. The number of hydrogen-bond acceptors (Lipinski definition) is 4. The Morgan fingerprint density at radius 2 is 2.18 bits per heavy atom. The first-order valence-electron chi connectivity index (χ1n) is 5.16. The molecule has 0 amide bonds. The van der Waals surface area contributed by atoms with Gasteiger partial charge in [0.2, 0.25) is 0 Å². The highest BCUT2D eigenvalue weighted by molar-refractivity contribution is 14.1. The zero-order valence-corrected chi connectivity index (χ0v) is 12.8. The molecule has 0 N–H and O–H groups in total. The minimum Gasteiger partial charge on any atom is -0.492 e. The second-order valence-electron chi connectivity index (χ2n) is 3.28. The summed E-state index contributed by atoms with van der Waals surface area (Å²) in [4.78, 5) is 11.3. The van der Waals surface area contributed by atoms with Crippen molar-refractivity contribution in [1.82, 2.24) is 0 Å². The van der Waals surface area contributed by atoms with Gasteiger partial charge in [0.1, 0.15) is 5.75 Å². The van der Waals surface area contributed by atoms with Gasteiger partial charge in [-0.25, -0.2) is 0 Å². The van der Waals surface area contributed by atoms with Crippen molar-refractivity contribution in [2.24, 2.45) is 0 Å². The molecule has 1 rings (SSSR count). The topological polar surface area (TPSA) is 35.5 Å². The summed E-state index contributed by atoms with van der Waals surface area (Å²) in [7, 11) is 1.68. The molecule has 17 heavy (non-hydrogen) atoms. The average Bonchev–Trinajstić information content (AvgIpc) is 2.34. The molecule has 0 aliphatic rings. The van der Waals surface area contributed by atoms with Crippen LogP contribution in [0.5, 0.6) is 5.75 Å². The minimum absolute atomic E-state index is 0.0249. The molecule has 0 aliphatic heterocycles. The van der Waals surface area contributed by atoms with Crippen molar-refractivity contribution in [3.05, 3.63) is 29.8 Å². The SMILES string of the molecule is COB(I)SCCOc1ccccc1C(C)=O. The molecule has 0 atom stereocenters. The van der Waals surface area contributed by atoms with Crippen molar-refractivity contribution < 1.29 is 14.2 Å². The third kappa shape index (κ3) is 5.31. The summed E-state index contributed by atoms with van der Waals surface area (Å²) < 4.78 is 10.8. The zero-order valence-electron chi connectivity index (χ0n) is 9.81. The van der Waals surface area contributed by atoms with E-state index < -0.39 is 0 Å². The van der Waals surface area contributed by atoms with E-state index in [0.29, 0.717) is 17.9 Å². The molecule has 0 bridgehead atoms. The standard InChI is InChI=1S/C11H14BIO3S/c1-9(14)10-5-3-4-6-11(10)16-7-8-17-12(13)15-2/h3-6H,7-8H2,1-2H3. The maximum absolute atomic E-state index is 11.3. The van der Waals surface area contributed by atoms with Crippen molar-refractivity contribution >= 4 is 43.8 Å². The lowest BCUT2D eigenvalue weighted by atomic mass is 10.1. The van der Waals surface area contributed by atoms with Crippen molar-refractivity contribution in [1.29, 1.82) is 0 Å². The predicted octanol–water partition coefficient (Wildman–Crippen LogP) is 3.07. The lowest BCUT2D eigenvalue weighted by molar-refractivity contribution is 0.101. The molecule has 0 saturated heterocycles. The number of carbonyl (C=O) groups excluding carboxylic acids is 1. The molecule has 0 saturated carbocycles. The number of rotatable bonds is 7. The van der Waals surface area contributed by atoms with Gasteiger partial charge < -0.3 is 9.39 Å². The van der Waals surface area contributed by atoms with E-state index in [9.17, 15) is 4.79 Å². The van der Waals surface area contributed by atoms with Crippen LogP contribution in [0.3, 0.4) is 0 Å². The fourth-order valence-electron chi connectivity index (χ4n) is 1.24. The van der Waals surface area contributed by atoms with E-state index in [-0.39, 0.29) is 9.83 Å². The van der Waals surface area contributed by atoms with Crippen LogP contribution >= 0.6 is 34.0 Å². The Labute approximate surface area is 120 Å². The Morgan fingerprint density at radius 3 is 2.82 bits per heavy atom. The van der Waals surface area contributed by atoms with Crippen molar-refractivity contribution in [2.75, 3.05) is 19.5 Å². The van der Waals surface area contributed by atoms with E-state index in [1.165, 1.54) is 0 Å². The second kappa shape index (κ2) is 8.00. The average molecular weight is 364 g/mol. The van der Waals surface area contributed by atoms with Gasteiger partial charge in [0.05, 0.1) is 12.2 Å². The van der Waals surface area contributed by atoms with Crippen molar-refractivity contribution in [3.63, 3.8) is 0 Å². The molecule has 0 aliphatic carbocycles. The Kier molecular flexibility index (Phi) is 6.99. The maximum atomic E-state index is 11.3. The van der Waals surface area contributed by atoms with Crippen LogP contribution in [0, 0.1) is 0 Å². The van der Waals surface area contributed by atoms with Crippen molar-refractivity contribution in [3.8, 4) is 5.75 Å². The summed E-state index contributed by atoms with van der Waals surface area (Å²) >= 11 is 3.87. The van der Waals surface area contributed by atoms with Crippen LogP contribution < -0.4 is 4.74 Å². The monoisotopic (exact) mass is 364 g/mol. The molecular weight excluding hydrogens is 350 g/mol. The van der Waals surface area contributed by atoms with Gasteiger partial charge >= 0.3 is 4.05 Å². The quantitative estimate of drug-likeness (QED) is 0.323. The maximum Gasteiger partial charge on any atom is 0.435 e. The summed E-state index contributed by atoms with van der Waals surface area (Å²) in [6.45, 7) is 2.11. The molecule has 0 spiro atoms. The smallest absolute Gasteiger partial charge is 0.435 e. The first-order chi connectivity index (χ1) is 8.15. The third-order valence-electron chi connectivity index (χ3n) is 2.04. The van der Waals surface area contributed by atoms with E-state index in [1.54, 1.807) is 31.7 Å². The summed E-state index contributed by atoms with van der Waals surface area (Å²) in [5.74, 6) is 1.51. The Balaban J connectivity index is 2.44. The molecule has 0 fully saturated rings. The highest BCUT2D eigenvalue weighted by Crippen LogP contribution is 2.19. The fourth-order valence-corrected chi connectivity index (χ4v) is 2.51. The van der Waals surface area contributed by atoms with Gasteiger partial charge in [-0.05, 0) is 19.1 Å². The van der Waals surface area contributed by atoms with E-state index in [1.807, 2.05) is 18.2 Å². The van der Waals surface area contributed by atoms with Gasteiger partial charge in [0, 0.05) is 12.9 Å². The van der Waals surface area contributed by atoms with Crippen LogP contribution in [0.15, 0.2) is 24.3 Å². The molecule has 0 aromatic heterocycles. The Morgan fingerprint density at radius 1 is 1.47 bits per heavy atom. The summed E-state index contributed by atoms with van der Waals surface area (Å²) in [6, 6.07) is 7.30. The minimum atomic E-state index is 0.0249.